The summed E-state index contributed by atoms with van der Waals surface area (Å²) >= 11 is 4.81. The third kappa shape index (κ3) is 4.49. The lowest BCUT2D eigenvalue weighted by atomic mass is 10.2. The van der Waals surface area contributed by atoms with Gasteiger partial charge in [0.25, 0.3) is 5.56 Å². The van der Waals surface area contributed by atoms with Crippen LogP contribution in [-0.4, -0.2) is 39.2 Å². The zero-order valence-corrected chi connectivity index (χ0v) is 17.4. The first-order chi connectivity index (χ1) is 12.6. The molecule has 7 heteroatoms. The number of carbonyl (C=O) groups is 1. The molecule has 5 nitrogen and oxygen atoms in total. The first-order valence-corrected chi connectivity index (χ1v) is 11.0. The minimum absolute atomic E-state index is 0.0245. The SMILES string of the molecule is CCCCCn1c(SCC(=O)N2CCCC2)nc2ccc(Br)cc2c1=O. The third-order valence-electron chi connectivity index (χ3n) is 4.65. The van der Waals surface area contributed by atoms with Crippen molar-refractivity contribution in [3.8, 4) is 0 Å². The second-order valence-corrected chi connectivity index (χ2v) is 8.45. The number of halogens is 1. The van der Waals surface area contributed by atoms with Crippen LogP contribution in [0.5, 0.6) is 0 Å². The van der Waals surface area contributed by atoms with Crippen LogP contribution in [0.15, 0.2) is 32.6 Å². The van der Waals surface area contributed by atoms with Crippen LogP contribution in [0.3, 0.4) is 0 Å². The van der Waals surface area contributed by atoms with Crippen LogP contribution in [-0.2, 0) is 11.3 Å². The molecule has 2 heterocycles. The van der Waals surface area contributed by atoms with Crippen LogP contribution >= 0.6 is 27.7 Å². The maximum atomic E-state index is 13.0. The lowest BCUT2D eigenvalue weighted by molar-refractivity contribution is -0.127. The number of aromatic nitrogens is 2. The quantitative estimate of drug-likeness (QED) is 0.372. The molecule has 3 rings (SSSR count). The van der Waals surface area contributed by atoms with Gasteiger partial charge in [-0.3, -0.25) is 14.2 Å². The fraction of sp³-hybridized carbons (Fsp3) is 0.526. The summed E-state index contributed by atoms with van der Waals surface area (Å²) in [6.45, 7) is 4.48. The molecule has 0 saturated carbocycles. The summed E-state index contributed by atoms with van der Waals surface area (Å²) in [5, 5.41) is 1.26. The number of carbonyl (C=O) groups excluding carboxylic acids is 1. The fourth-order valence-electron chi connectivity index (χ4n) is 3.18. The maximum absolute atomic E-state index is 13.0. The van der Waals surface area contributed by atoms with E-state index in [-0.39, 0.29) is 11.5 Å². The highest BCUT2D eigenvalue weighted by Gasteiger charge is 2.19. The molecule has 0 radical (unpaired) electrons. The van der Waals surface area contributed by atoms with Crippen LogP contribution in [0, 0.1) is 0 Å². The minimum Gasteiger partial charge on any atom is -0.342 e. The van der Waals surface area contributed by atoms with Gasteiger partial charge in [-0.05, 0) is 37.5 Å². The van der Waals surface area contributed by atoms with Crippen molar-refractivity contribution < 1.29 is 4.79 Å². The van der Waals surface area contributed by atoms with Gasteiger partial charge in [-0.2, -0.15) is 0 Å². The highest BCUT2D eigenvalue weighted by molar-refractivity contribution is 9.10. The van der Waals surface area contributed by atoms with E-state index in [9.17, 15) is 9.59 Å². The molecule has 0 unspecified atom stereocenters. The molecule has 1 aliphatic rings. The maximum Gasteiger partial charge on any atom is 0.262 e. The van der Waals surface area contributed by atoms with Gasteiger partial charge in [0.2, 0.25) is 5.91 Å². The molecule has 0 atom stereocenters. The highest BCUT2D eigenvalue weighted by atomic mass is 79.9. The molecule has 0 spiro atoms. The van der Waals surface area contributed by atoms with E-state index in [1.54, 1.807) is 4.57 Å². The number of hydrogen-bond donors (Lipinski definition) is 0. The van der Waals surface area contributed by atoms with Gasteiger partial charge in [0.1, 0.15) is 0 Å². The molecule has 26 heavy (non-hydrogen) atoms. The molecule has 0 aliphatic carbocycles. The van der Waals surface area contributed by atoms with Crippen LogP contribution in [0.25, 0.3) is 10.9 Å². The summed E-state index contributed by atoms with van der Waals surface area (Å²) in [7, 11) is 0. The summed E-state index contributed by atoms with van der Waals surface area (Å²) in [6, 6.07) is 5.56. The standard InChI is InChI=1S/C19H24BrN3O2S/c1-2-3-4-11-23-18(25)15-12-14(20)7-8-16(15)21-19(23)26-13-17(24)22-9-5-6-10-22/h7-8,12H,2-6,9-11,13H2,1H3. The van der Waals surface area contributed by atoms with Gasteiger partial charge in [0.15, 0.2) is 5.16 Å². The van der Waals surface area contributed by atoms with Gasteiger partial charge >= 0.3 is 0 Å². The lowest BCUT2D eigenvalue weighted by Gasteiger charge is -2.16. The number of thioether (sulfide) groups is 1. The van der Waals surface area contributed by atoms with Crippen LogP contribution in [0.1, 0.15) is 39.0 Å². The van der Waals surface area contributed by atoms with E-state index in [1.165, 1.54) is 11.8 Å². The van der Waals surface area contributed by atoms with Crippen molar-refractivity contribution in [2.45, 2.75) is 50.7 Å². The number of nitrogens with zero attached hydrogens (tertiary/aromatic N) is 3. The van der Waals surface area contributed by atoms with E-state index in [1.807, 2.05) is 23.1 Å². The van der Waals surface area contributed by atoms with Crippen molar-refractivity contribution in [2.24, 2.45) is 0 Å². The van der Waals surface area contributed by atoms with E-state index in [2.05, 4.69) is 27.8 Å². The van der Waals surface area contributed by atoms with Crippen LogP contribution in [0.2, 0.25) is 0 Å². The molecule has 140 valence electrons. The average Bonchev–Trinajstić information content (AvgIpc) is 3.17. The highest BCUT2D eigenvalue weighted by Crippen LogP contribution is 2.22. The summed E-state index contributed by atoms with van der Waals surface area (Å²) in [4.78, 5) is 32.0. The van der Waals surface area contributed by atoms with E-state index < -0.39 is 0 Å². The Morgan fingerprint density at radius 2 is 2.04 bits per heavy atom. The smallest absolute Gasteiger partial charge is 0.262 e. The normalized spacial score (nSPS) is 14.3. The van der Waals surface area contributed by atoms with Crippen molar-refractivity contribution in [1.29, 1.82) is 0 Å². The predicted molar refractivity (Wildman–Crippen MR) is 110 cm³/mol. The molecule has 1 aromatic heterocycles. The Morgan fingerprint density at radius 3 is 2.77 bits per heavy atom. The summed E-state index contributed by atoms with van der Waals surface area (Å²) in [5.74, 6) is 0.472. The fourth-order valence-corrected chi connectivity index (χ4v) is 4.47. The predicted octanol–water partition coefficient (Wildman–Crippen LogP) is 4.06. The van der Waals surface area contributed by atoms with Gasteiger partial charge in [-0.25, -0.2) is 4.98 Å². The minimum atomic E-state index is -0.0245. The number of fused-ring (bicyclic) bond motifs is 1. The Morgan fingerprint density at radius 1 is 1.27 bits per heavy atom. The first kappa shape index (κ1) is 19.4. The Hall–Kier alpha value is -1.34. The number of amides is 1. The molecule has 0 N–H and O–H groups in total. The van der Waals surface area contributed by atoms with Gasteiger partial charge < -0.3 is 4.90 Å². The van der Waals surface area contributed by atoms with Crippen LogP contribution < -0.4 is 5.56 Å². The van der Waals surface area contributed by atoms with E-state index in [4.69, 9.17) is 0 Å². The number of unbranched alkanes of at least 4 members (excludes halogenated alkanes) is 2. The van der Waals surface area contributed by atoms with Gasteiger partial charge in [0, 0.05) is 24.1 Å². The molecule has 1 fully saturated rings. The van der Waals surface area contributed by atoms with Crippen molar-refractivity contribution in [2.75, 3.05) is 18.8 Å². The van der Waals surface area contributed by atoms with E-state index in [0.29, 0.717) is 28.4 Å². The average molecular weight is 438 g/mol. The van der Waals surface area contributed by atoms with Gasteiger partial charge in [-0.1, -0.05) is 47.5 Å². The zero-order chi connectivity index (χ0) is 18.5. The van der Waals surface area contributed by atoms with Crippen molar-refractivity contribution >= 4 is 44.5 Å². The number of benzene rings is 1. The monoisotopic (exact) mass is 437 g/mol. The molecular formula is C19H24BrN3O2S. The third-order valence-corrected chi connectivity index (χ3v) is 6.10. The van der Waals surface area contributed by atoms with Crippen molar-refractivity contribution in [1.82, 2.24) is 14.5 Å². The Bertz CT molecular complexity index is 847. The first-order valence-electron chi connectivity index (χ1n) is 9.21. The molecule has 1 aliphatic heterocycles. The largest absolute Gasteiger partial charge is 0.342 e. The summed E-state index contributed by atoms with van der Waals surface area (Å²) < 4.78 is 2.61. The second kappa shape index (κ2) is 9.04. The number of hydrogen-bond acceptors (Lipinski definition) is 4. The summed E-state index contributed by atoms with van der Waals surface area (Å²) in [6.07, 6.45) is 5.27. The summed E-state index contributed by atoms with van der Waals surface area (Å²) in [5.41, 5.74) is 0.657. The molecule has 2 aromatic rings. The lowest BCUT2D eigenvalue weighted by Crippen LogP contribution is -2.30. The van der Waals surface area contributed by atoms with Gasteiger partial charge in [-0.15, -0.1) is 0 Å². The molecule has 1 saturated heterocycles. The van der Waals surface area contributed by atoms with Crippen molar-refractivity contribution in [3.63, 3.8) is 0 Å². The van der Waals surface area contributed by atoms with Crippen molar-refractivity contribution in [3.05, 3.63) is 33.0 Å². The van der Waals surface area contributed by atoms with E-state index >= 15 is 0 Å². The van der Waals surface area contributed by atoms with E-state index in [0.717, 1.165) is 49.7 Å². The molecule has 0 bridgehead atoms. The second-order valence-electron chi connectivity index (χ2n) is 6.60. The zero-order valence-electron chi connectivity index (χ0n) is 15.0. The Labute approximate surface area is 166 Å². The Kier molecular flexibility index (Phi) is 6.75. The number of rotatable bonds is 7. The topological polar surface area (TPSA) is 55.2 Å². The molecule has 1 amide bonds. The molecule has 1 aromatic carbocycles. The Balaban J connectivity index is 1.88. The number of likely N-dealkylation sites (tertiary alicyclic amines) is 1. The van der Waals surface area contributed by atoms with Gasteiger partial charge in [0.05, 0.1) is 16.7 Å². The molecular weight excluding hydrogens is 414 g/mol. The van der Waals surface area contributed by atoms with Crippen LogP contribution in [0.4, 0.5) is 0 Å².